The van der Waals surface area contributed by atoms with Crippen LogP contribution in [0.4, 0.5) is 5.69 Å². The molecule has 0 aliphatic heterocycles. The third-order valence-corrected chi connectivity index (χ3v) is 3.70. The van der Waals surface area contributed by atoms with E-state index < -0.39 is 16.0 Å². The van der Waals surface area contributed by atoms with E-state index in [4.69, 9.17) is 16.7 Å². The van der Waals surface area contributed by atoms with Gasteiger partial charge in [-0.05, 0) is 24.6 Å². The molecule has 3 N–H and O–H groups in total. The Bertz CT molecular complexity index is 543. The SMILES string of the molecule is O=C(O)CCCS(=O)(=O)Nc1ccc(O)c(Cl)c1. The topological polar surface area (TPSA) is 104 Å². The molecule has 0 bridgehead atoms. The highest BCUT2D eigenvalue weighted by molar-refractivity contribution is 7.92. The van der Waals surface area contributed by atoms with E-state index in [2.05, 4.69) is 4.72 Å². The molecule has 0 aliphatic rings. The van der Waals surface area contributed by atoms with Crippen molar-refractivity contribution in [2.45, 2.75) is 12.8 Å². The van der Waals surface area contributed by atoms with E-state index in [-0.39, 0.29) is 35.1 Å². The highest BCUT2D eigenvalue weighted by Crippen LogP contribution is 2.26. The Labute approximate surface area is 109 Å². The Morgan fingerprint density at radius 1 is 1.39 bits per heavy atom. The van der Waals surface area contributed by atoms with Crippen LogP contribution in [-0.2, 0) is 14.8 Å². The molecule has 18 heavy (non-hydrogen) atoms. The normalized spacial score (nSPS) is 11.2. The monoisotopic (exact) mass is 293 g/mol. The molecule has 0 saturated carbocycles. The van der Waals surface area contributed by atoms with Crippen molar-refractivity contribution in [2.24, 2.45) is 0 Å². The molecule has 6 nitrogen and oxygen atoms in total. The van der Waals surface area contributed by atoms with Gasteiger partial charge >= 0.3 is 5.97 Å². The van der Waals surface area contributed by atoms with Crippen molar-refractivity contribution in [3.63, 3.8) is 0 Å². The van der Waals surface area contributed by atoms with Crippen LogP contribution >= 0.6 is 11.6 Å². The zero-order valence-electron chi connectivity index (χ0n) is 9.26. The molecule has 1 aromatic rings. The molecule has 0 atom stereocenters. The molecule has 100 valence electrons. The lowest BCUT2D eigenvalue weighted by Gasteiger charge is -2.08. The van der Waals surface area contributed by atoms with Crippen LogP contribution in [0.15, 0.2) is 18.2 Å². The highest BCUT2D eigenvalue weighted by Gasteiger charge is 2.12. The third-order valence-electron chi connectivity index (χ3n) is 2.02. The molecule has 0 aliphatic carbocycles. The maximum Gasteiger partial charge on any atom is 0.303 e. The van der Waals surface area contributed by atoms with Gasteiger partial charge in [-0.25, -0.2) is 8.42 Å². The van der Waals surface area contributed by atoms with Gasteiger partial charge in [-0.15, -0.1) is 0 Å². The fourth-order valence-corrected chi connectivity index (χ4v) is 2.51. The van der Waals surface area contributed by atoms with E-state index in [0.717, 1.165) is 0 Å². The second-order valence-corrected chi connectivity index (χ2v) is 5.83. The number of sulfonamides is 1. The Kier molecular flexibility index (Phi) is 4.80. The molecule has 0 radical (unpaired) electrons. The number of carboxylic acids is 1. The zero-order valence-corrected chi connectivity index (χ0v) is 10.8. The van der Waals surface area contributed by atoms with Crippen molar-refractivity contribution in [3.8, 4) is 5.75 Å². The van der Waals surface area contributed by atoms with Crippen LogP contribution in [0.1, 0.15) is 12.8 Å². The number of aliphatic carboxylic acids is 1. The van der Waals surface area contributed by atoms with Crippen LogP contribution in [0.5, 0.6) is 5.75 Å². The van der Waals surface area contributed by atoms with Gasteiger partial charge in [0, 0.05) is 6.42 Å². The number of phenolic OH excluding ortho intramolecular Hbond substituents is 1. The van der Waals surface area contributed by atoms with Crippen molar-refractivity contribution in [3.05, 3.63) is 23.2 Å². The number of phenols is 1. The molecule has 0 amide bonds. The fraction of sp³-hybridized carbons (Fsp3) is 0.300. The van der Waals surface area contributed by atoms with Crippen LogP contribution < -0.4 is 4.72 Å². The van der Waals surface area contributed by atoms with Crippen LogP contribution in [0.3, 0.4) is 0 Å². The minimum atomic E-state index is -3.61. The van der Waals surface area contributed by atoms with Gasteiger partial charge in [0.05, 0.1) is 16.5 Å². The summed E-state index contributed by atoms with van der Waals surface area (Å²) in [4.78, 5) is 10.3. The fourth-order valence-electron chi connectivity index (χ4n) is 1.21. The maximum absolute atomic E-state index is 11.6. The van der Waals surface area contributed by atoms with Crippen molar-refractivity contribution >= 4 is 33.3 Å². The predicted molar refractivity (Wildman–Crippen MR) is 67.4 cm³/mol. The second kappa shape index (κ2) is 5.92. The van der Waals surface area contributed by atoms with Gasteiger partial charge in [0.25, 0.3) is 0 Å². The molecular formula is C10H12ClNO5S. The predicted octanol–water partition coefficient (Wildman–Crippen LogP) is 1.65. The van der Waals surface area contributed by atoms with Crippen molar-refractivity contribution in [1.29, 1.82) is 0 Å². The molecule has 0 saturated heterocycles. The summed E-state index contributed by atoms with van der Waals surface area (Å²) in [6.07, 6.45) is -0.187. The first-order valence-corrected chi connectivity index (χ1v) is 7.04. The quantitative estimate of drug-likeness (QED) is 0.692. The maximum atomic E-state index is 11.6. The number of halogens is 1. The molecule has 8 heteroatoms. The third kappa shape index (κ3) is 4.80. The number of hydrogen-bond donors (Lipinski definition) is 3. The summed E-state index contributed by atoms with van der Waals surface area (Å²) in [5.41, 5.74) is 0.216. The Morgan fingerprint density at radius 2 is 2.06 bits per heavy atom. The molecular weight excluding hydrogens is 282 g/mol. The number of carbonyl (C=O) groups is 1. The number of anilines is 1. The average molecular weight is 294 g/mol. The van der Waals surface area contributed by atoms with E-state index >= 15 is 0 Å². The summed E-state index contributed by atoms with van der Waals surface area (Å²) < 4.78 is 25.4. The molecule has 1 aromatic carbocycles. The summed E-state index contributed by atoms with van der Waals surface area (Å²) in [5.74, 6) is -1.49. The lowest BCUT2D eigenvalue weighted by Crippen LogP contribution is -2.17. The van der Waals surface area contributed by atoms with E-state index in [9.17, 15) is 18.3 Å². The molecule has 0 spiro atoms. The van der Waals surface area contributed by atoms with Crippen LogP contribution in [0.2, 0.25) is 5.02 Å². The van der Waals surface area contributed by atoms with Crippen molar-refractivity contribution in [2.75, 3.05) is 10.5 Å². The summed E-state index contributed by atoms with van der Waals surface area (Å²) in [6, 6.07) is 3.89. The van der Waals surface area contributed by atoms with Crippen LogP contribution in [-0.4, -0.2) is 30.4 Å². The van der Waals surface area contributed by atoms with Gasteiger partial charge in [0.1, 0.15) is 5.75 Å². The molecule has 0 unspecified atom stereocenters. The van der Waals surface area contributed by atoms with E-state index in [1.165, 1.54) is 18.2 Å². The molecule has 0 aromatic heterocycles. The number of hydrogen-bond acceptors (Lipinski definition) is 4. The lowest BCUT2D eigenvalue weighted by molar-refractivity contribution is -0.137. The van der Waals surface area contributed by atoms with Gasteiger partial charge in [-0.2, -0.15) is 0 Å². The average Bonchev–Trinajstić information content (AvgIpc) is 2.22. The summed E-state index contributed by atoms with van der Waals surface area (Å²) in [6.45, 7) is 0. The smallest absolute Gasteiger partial charge is 0.303 e. The Hall–Kier alpha value is -1.47. The number of nitrogens with one attached hydrogen (secondary N) is 1. The largest absolute Gasteiger partial charge is 0.506 e. The van der Waals surface area contributed by atoms with E-state index in [0.29, 0.717) is 0 Å². The first-order valence-electron chi connectivity index (χ1n) is 5.01. The number of benzene rings is 1. The van der Waals surface area contributed by atoms with Gasteiger partial charge in [0.2, 0.25) is 10.0 Å². The van der Waals surface area contributed by atoms with Gasteiger partial charge in [-0.3, -0.25) is 9.52 Å². The van der Waals surface area contributed by atoms with Crippen molar-refractivity contribution in [1.82, 2.24) is 0 Å². The number of carboxylic acid groups (broad SMARTS) is 1. The summed E-state index contributed by atoms with van der Waals surface area (Å²) in [5, 5.41) is 17.6. The van der Waals surface area contributed by atoms with E-state index in [1.54, 1.807) is 0 Å². The first kappa shape index (κ1) is 14.6. The Morgan fingerprint density at radius 3 is 2.61 bits per heavy atom. The van der Waals surface area contributed by atoms with Crippen molar-refractivity contribution < 1.29 is 23.4 Å². The molecule has 1 rings (SSSR count). The minimum absolute atomic E-state index is 0.0243. The van der Waals surface area contributed by atoms with E-state index in [1.807, 2.05) is 0 Å². The second-order valence-electron chi connectivity index (χ2n) is 3.58. The van der Waals surface area contributed by atoms with Gasteiger partial charge < -0.3 is 10.2 Å². The zero-order chi connectivity index (χ0) is 13.8. The summed E-state index contributed by atoms with van der Waals surface area (Å²) in [7, 11) is -3.61. The summed E-state index contributed by atoms with van der Waals surface area (Å²) >= 11 is 5.63. The van der Waals surface area contributed by atoms with Crippen LogP contribution in [0.25, 0.3) is 0 Å². The first-order chi connectivity index (χ1) is 8.30. The highest BCUT2D eigenvalue weighted by atomic mass is 35.5. The molecule has 0 fully saturated rings. The Balaban J connectivity index is 2.64. The lowest BCUT2D eigenvalue weighted by atomic mass is 10.3. The van der Waals surface area contributed by atoms with Gasteiger partial charge in [0.15, 0.2) is 0 Å². The number of aromatic hydroxyl groups is 1. The minimum Gasteiger partial charge on any atom is -0.506 e. The standard InChI is InChI=1S/C10H12ClNO5S/c11-8-6-7(3-4-9(8)13)12-18(16,17)5-1-2-10(14)15/h3-4,6,12-13H,1-2,5H2,(H,14,15). The molecule has 0 heterocycles. The van der Waals surface area contributed by atoms with Crippen LogP contribution in [0, 0.1) is 0 Å². The van der Waals surface area contributed by atoms with Gasteiger partial charge in [-0.1, -0.05) is 11.6 Å². The number of rotatable bonds is 6.